The molecule has 1 saturated heterocycles. The van der Waals surface area contributed by atoms with Gasteiger partial charge in [-0.3, -0.25) is 9.59 Å². The Morgan fingerprint density at radius 1 is 1.55 bits per heavy atom. The molecule has 2 rings (SSSR count). The summed E-state index contributed by atoms with van der Waals surface area (Å²) in [4.78, 5) is 25.6. The normalized spacial score (nSPS) is 22.1. The highest BCUT2D eigenvalue weighted by Gasteiger charge is 2.42. The molecule has 1 aliphatic rings. The minimum Gasteiger partial charge on any atom is -0.395 e. The molecular formula is C14H17ClN2O3. The van der Waals surface area contributed by atoms with E-state index in [0.717, 1.165) is 5.56 Å². The van der Waals surface area contributed by atoms with Crippen molar-refractivity contribution in [1.29, 1.82) is 0 Å². The number of nitrogens with one attached hydrogen (secondary N) is 1. The second-order valence-electron chi connectivity index (χ2n) is 4.83. The number of hydrogen-bond donors (Lipinski definition) is 2. The van der Waals surface area contributed by atoms with Crippen LogP contribution in [-0.2, 0) is 9.59 Å². The van der Waals surface area contributed by atoms with Gasteiger partial charge in [0.15, 0.2) is 0 Å². The zero-order valence-electron chi connectivity index (χ0n) is 11.2. The van der Waals surface area contributed by atoms with Gasteiger partial charge in [0, 0.05) is 25.0 Å². The number of hydrogen-bond acceptors (Lipinski definition) is 3. The third-order valence-corrected chi connectivity index (χ3v) is 3.76. The van der Waals surface area contributed by atoms with Crippen LogP contribution in [0, 0.1) is 5.92 Å². The van der Waals surface area contributed by atoms with Crippen molar-refractivity contribution in [2.45, 2.75) is 12.5 Å². The van der Waals surface area contributed by atoms with Gasteiger partial charge in [-0.25, -0.2) is 0 Å². The van der Waals surface area contributed by atoms with Crippen molar-refractivity contribution in [2.24, 2.45) is 5.92 Å². The molecule has 108 valence electrons. The van der Waals surface area contributed by atoms with Crippen molar-refractivity contribution in [3.05, 3.63) is 34.9 Å². The zero-order valence-corrected chi connectivity index (χ0v) is 11.9. The molecule has 2 atom stereocenters. The molecule has 2 N–H and O–H groups in total. The lowest BCUT2D eigenvalue weighted by molar-refractivity contribution is -0.128. The minimum absolute atomic E-state index is 0.0703. The molecule has 0 spiro atoms. The molecule has 1 aromatic rings. The third kappa shape index (κ3) is 2.94. The van der Waals surface area contributed by atoms with Crippen molar-refractivity contribution in [2.75, 3.05) is 20.2 Å². The second-order valence-corrected chi connectivity index (χ2v) is 5.27. The van der Waals surface area contributed by atoms with Crippen molar-refractivity contribution in [3.63, 3.8) is 0 Å². The average Bonchev–Trinajstić information content (AvgIpc) is 2.72. The van der Waals surface area contributed by atoms with Crippen LogP contribution in [0.4, 0.5) is 0 Å². The molecule has 0 radical (unpaired) electrons. The highest BCUT2D eigenvalue weighted by molar-refractivity contribution is 6.30. The van der Waals surface area contributed by atoms with Crippen molar-refractivity contribution >= 4 is 23.4 Å². The van der Waals surface area contributed by atoms with Crippen LogP contribution in [0.25, 0.3) is 0 Å². The third-order valence-electron chi connectivity index (χ3n) is 3.52. The fourth-order valence-corrected chi connectivity index (χ4v) is 2.76. The topological polar surface area (TPSA) is 69.6 Å². The minimum atomic E-state index is -0.461. The number of benzene rings is 1. The number of amides is 2. The smallest absolute Gasteiger partial charge is 0.226 e. The Labute approximate surface area is 122 Å². The molecule has 5 nitrogen and oxygen atoms in total. The Balaban J connectivity index is 2.26. The fraction of sp³-hybridized carbons (Fsp3) is 0.429. The van der Waals surface area contributed by atoms with E-state index in [1.807, 2.05) is 6.07 Å². The summed E-state index contributed by atoms with van der Waals surface area (Å²) in [6.45, 7) is 0.0690. The number of rotatable bonds is 4. The first kappa shape index (κ1) is 14.8. The van der Waals surface area contributed by atoms with Gasteiger partial charge in [0.05, 0.1) is 18.6 Å². The molecule has 1 aromatic carbocycles. The summed E-state index contributed by atoms with van der Waals surface area (Å²) in [5, 5.41) is 12.0. The number of aliphatic hydroxyl groups is 1. The molecule has 20 heavy (non-hydrogen) atoms. The van der Waals surface area contributed by atoms with E-state index in [9.17, 15) is 9.59 Å². The molecule has 0 bridgehead atoms. The number of carbonyl (C=O) groups excluding carboxylic acids is 2. The highest BCUT2D eigenvalue weighted by Crippen LogP contribution is 2.37. The van der Waals surface area contributed by atoms with E-state index in [4.69, 9.17) is 16.7 Å². The fourth-order valence-electron chi connectivity index (χ4n) is 2.56. The van der Waals surface area contributed by atoms with E-state index in [-0.39, 0.29) is 37.4 Å². The lowest BCUT2D eigenvalue weighted by atomic mass is 9.93. The van der Waals surface area contributed by atoms with Gasteiger partial charge in [-0.2, -0.15) is 0 Å². The standard InChI is InChI=1S/C14H17ClN2O3/c1-17-12(19)8-11(14(20)16-5-6-18)13(17)9-3-2-4-10(15)7-9/h2-4,7,11,13,18H,5-6,8H2,1H3,(H,16,20). The number of halogens is 1. The first-order chi connectivity index (χ1) is 9.54. The van der Waals surface area contributed by atoms with Gasteiger partial charge in [-0.15, -0.1) is 0 Å². The summed E-state index contributed by atoms with van der Waals surface area (Å²) in [5.41, 5.74) is 0.843. The van der Waals surface area contributed by atoms with E-state index < -0.39 is 5.92 Å². The first-order valence-electron chi connectivity index (χ1n) is 6.44. The lowest BCUT2D eigenvalue weighted by Crippen LogP contribution is -2.35. The van der Waals surface area contributed by atoms with Gasteiger partial charge < -0.3 is 15.3 Å². The van der Waals surface area contributed by atoms with E-state index in [1.165, 1.54) is 0 Å². The SMILES string of the molecule is CN1C(=O)CC(C(=O)NCCO)C1c1cccc(Cl)c1. The predicted molar refractivity (Wildman–Crippen MR) is 75.2 cm³/mol. The van der Waals surface area contributed by atoms with Crippen LogP contribution < -0.4 is 5.32 Å². The second kappa shape index (κ2) is 6.24. The van der Waals surface area contributed by atoms with Gasteiger partial charge in [0.2, 0.25) is 11.8 Å². The van der Waals surface area contributed by atoms with Crippen molar-refractivity contribution < 1.29 is 14.7 Å². The summed E-state index contributed by atoms with van der Waals surface area (Å²) in [7, 11) is 1.69. The maximum atomic E-state index is 12.1. The monoisotopic (exact) mass is 296 g/mol. The Bertz CT molecular complexity index is 521. The van der Waals surface area contributed by atoms with E-state index in [1.54, 1.807) is 30.1 Å². The summed E-state index contributed by atoms with van der Waals surface area (Å²) in [5.74, 6) is -0.752. The first-order valence-corrected chi connectivity index (χ1v) is 6.82. The van der Waals surface area contributed by atoms with Crippen molar-refractivity contribution in [3.8, 4) is 0 Å². The Morgan fingerprint density at radius 3 is 2.95 bits per heavy atom. The molecule has 1 fully saturated rings. The van der Waals surface area contributed by atoms with Crippen LogP contribution in [-0.4, -0.2) is 42.0 Å². The van der Waals surface area contributed by atoms with Crippen LogP contribution >= 0.6 is 11.6 Å². The van der Waals surface area contributed by atoms with Crippen LogP contribution in [0.5, 0.6) is 0 Å². The number of nitrogens with zero attached hydrogens (tertiary/aromatic N) is 1. The van der Waals surface area contributed by atoms with Crippen LogP contribution in [0.2, 0.25) is 5.02 Å². The summed E-state index contributed by atoms with van der Waals surface area (Å²) < 4.78 is 0. The Morgan fingerprint density at radius 2 is 2.30 bits per heavy atom. The summed E-state index contributed by atoms with van der Waals surface area (Å²) >= 11 is 5.98. The lowest BCUT2D eigenvalue weighted by Gasteiger charge is -2.25. The average molecular weight is 297 g/mol. The molecule has 6 heteroatoms. The zero-order chi connectivity index (χ0) is 14.7. The molecule has 0 saturated carbocycles. The Hall–Kier alpha value is -1.59. The van der Waals surface area contributed by atoms with E-state index >= 15 is 0 Å². The van der Waals surface area contributed by atoms with Crippen LogP contribution in [0.1, 0.15) is 18.0 Å². The van der Waals surface area contributed by atoms with Gasteiger partial charge in [-0.1, -0.05) is 23.7 Å². The maximum Gasteiger partial charge on any atom is 0.226 e. The number of carbonyl (C=O) groups is 2. The summed E-state index contributed by atoms with van der Waals surface area (Å²) in [6.07, 6.45) is 0.172. The quantitative estimate of drug-likeness (QED) is 0.870. The number of aliphatic hydroxyl groups excluding tert-OH is 1. The van der Waals surface area contributed by atoms with Crippen molar-refractivity contribution in [1.82, 2.24) is 10.2 Å². The summed E-state index contributed by atoms with van der Waals surface area (Å²) in [6, 6.07) is 6.87. The van der Waals surface area contributed by atoms with Gasteiger partial charge >= 0.3 is 0 Å². The molecule has 0 aliphatic carbocycles. The predicted octanol–water partition coefficient (Wildman–Crippen LogP) is 0.968. The highest BCUT2D eigenvalue weighted by atomic mass is 35.5. The maximum absolute atomic E-state index is 12.1. The van der Waals surface area contributed by atoms with Gasteiger partial charge in [-0.05, 0) is 17.7 Å². The molecule has 1 heterocycles. The molecule has 2 unspecified atom stereocenters. The van der Waals surface area contributed by atoms with Crippen LogP contribution in [0.15, 0.2) is 24.3 Å². The molecule has 1 aliphatic heterocycles. The Kier molecular flexibility index (Phi) is 4.62. The van der Waals surface area contributed by atoms with Gasteiger partial charge in [0.1, 0.15) is 0 Å². The van der Waals surface area contributed by atoms with E-state index in [0.29, 0.717) is 5.02 Å². The molecule has 2 amide bonds. The largest absolute Gasteiger partial charge is 0.395 e. The van der Waals surface area contributed by atoms with Crippen LogP contribution in [0.3, 0.4) is 0 Å². The molecule has 0 aromatic heterocycles. The number of likely N-dealkylation sites (tertiary alicyclic amines) is 1. The van der Waals surface area contributed by atoms with Gasteiger partial charge in [0.25, 0.3) is 0 Å². The van der Waals surface area contributed by atoms with E-state index in [2.05, 4.69) is 5.32 Å². The molecular weight excluding hydrogens is 280 g/mol.